The van der Waals surface area contributed by atoms with E-state index in [-0.39, 0.29) is 16.1 Å². The highest BCUT2D eigenvalue weighted by Crippen LogP contribution is 2.22. The Morgan fingerprint density at radius 2 is 1.54 bits per heavy atom. The summed E-state index contributed by atoms with van der Waals surface area (Å²) < 4.78 is 24.4. The van der Waals surface area contributed by atoms with E-state index in [9.17, 15) is 18.0 Å². The Labute approximate surface area is 147 Å². The largest absolute Gasteiger partial charge is 0.478 e. The molecule has 1 amide bonds. The van der Waals surface area contributed by atoms with Crippen LogP contribution in [0.15, 0.2) is 47.4 Å². The first-order valence-electron chi connectivity index (χ1n) is 6.31. The predicted molar refractivity (Wildman–Crippen MR) is 87.7 cm³/mol. The van der Waals surface area contributed by atoms with Crippen molar-refractivity contribution in [3.63, 3.8) is 0 Å². The minimum Gasteiger partial charge on any atom is -0.478 e. The van der Waals surface area contributed by atoms with E-state index in [4.69, 9.17) is 28.3 Å². The van der Waals surface area contributed by atoms with Gasteiger partial charge >= 0.3 is 5.97 Å². The molecule has 2 aromatic rings. The van der Waals surface area contributed by atoms with Crippen molar-refractivity contribution in [2.45, 2.75) is 4.90 Å². The third-order valence-corrected chi connectivity index (χ3v) is 4.85. The van der Waals surface area contributed by atoms with Gasteiger partial charge < -0.3 is 5.11 Å². The van der Waals surface area contributed by atoms with Crippen molar-refractivity contribution in [2.24, 2.45) is 0 Å². The number of nitrogens with one attached hydrogen (secondary N) is 2. The number of carbonyl (C=O) groups excluding carboxylic acids is 1. The fraction of sp³-hybridized carbons (Fsp3) is 0. The molecule has 0 aliphatic carbocycles. The van der Waals surface area contributed by atoms with Crippen molar-refractivity contribution in [2.75, 3.05) is 0 Å². The first kappa shape index (κ1) is 18.2. The summed E-state index contributed by atoms with van der Waals surface area (Å²) in [7, 11) is -4.26. The molecule has 0 heterocycles. The highest BCUT2D eigenvalue weighted by atomic mass is 35.5. The predicted octanol–water partition coefficient (Wildman–Crippen LogP) is 2.31. The zero-order valence-electron chi connectivity index (χ0n) is 11.8. The second-order valence-electron chi connectivity index (χ2n) is 4.52. The van der Waals surface area contributed by atoms with Gasteiger partial charge in [0.15, 0.2) is 0 Å². The van der Waals surface area contributed by atoms with Crippen LogP contribution in [-0.4, -0.2) is 25.4 Å². The number of amides is 1. The quantitative estimate of drug-likeness (QED) is 0.680. The maximum Gasteiger partial charge on any atom is 0.335 e. The molecule has 0 fully saturated rings. The van der Waals surface area contributed by atoms with Gasteiger partial charge in [-0.05, 0) is 42.5 Å². The molecule has 0 atom stereocenters. The molecule has 3 N–H and O–H groups in total. The number of rotatable bonds is 5. The Hall–Kier alpha value is -2.13. The normalized spacial score (nSPS) is 11.1. The van der Waals surface area contributed by atoms with Gasteiger partial charge in [0.2, 0.25) is 0 Å². The molecule has 0 aliphatic rings. The monoisotopic (exact) mass is 388 g/mol. The SMILES string of the molecule is O=C(O)c1ccc(Cl)c(S(=O)(=O)NNC(=O)c2ccc(Cl)cc2)c1. The fourth-order valence-corrected chi connectivity index (χ4v) is 3.18. The van der Waals surface area contributed by atoms with Crippen molar-refractivity contribution >= 4 is 45.1 Å². The van der Waals surface area contributed by atoms with Crippen LogP contribution < -0.4 is 10.3 Å². The molecule has 0 unspecified atom stereocenters. The molecule has 2 aromatic carbocycles. The summed E-state index contributed by atoms with van der Waals surface area (Å²) in [5.74, 6) is -2.03. The van der Waals surface area contributed by atoms with Crippen LogP contribution in [0.1, 0.15) is 20.7 Å². The first-order valence-corrected chi connectivity index (χ1v) is 8.55. The van der Waals surface area contributed by atoms with Gasteiger partial charge in [-0.3, -0.25) is 10.2 Å². The first-order chi connectivity index (χ1) is 11.2. The second-order valence-corrected chi connectivity index (χ2v) is 7.01. The zero-order valence-corrected chi connectivity index (χ0v) is 14.1. The maximum absolute atomic E-state index is 12.2. The van der Waals surface area contributed by atoms with Crippen LogP contribution in [0.5, 0.6) is 0 Å². The minimum atomic E-state index is -4.26. The van der Waals surface area contributed by atoms with Crippen molar-refractivity contribution in [1.82, 2.24) is 10.3 Å². The van der Waals surface area contributed by atoms with Crippen LogP contribution in [0.4, 0.5) is 0 Å². The molecule has 2 rings (SSSR count). The number of hydrogen-bond acceptors (Lipinski definition) is 4. The summed E-state index contributed by atoms with van der Waals surface area (Å²) in [5.41, 5.74) is 1.92. The van der Waals surface area contributed by atoms with Gasteiger partial charge in [0.1, 0.15) is 4.90 Å². The van der Waals surface area contributed by atoms with Gasteiger partial charge in [-0.25, -0.2) is 13.2 Å². The summed E-state index contributed by atoms with van der Waals surface area (Å²) >= 11 is 11.5. The Bertz CT molecular complexity index is 898. The van der Waals surface area contributed by atoms with E-state index < -0.39 is 26.8 Å². The lowest BCUT2D eigenvalue weighted by molar-refractivity contribution is 0.0696. The van der Waals surface area contributed by atoms with Gasteiger partial charge in [0.05, 0.1) is 10.6 Å². The van der Waals surface area contributed by atoms with Crippen molar-refractivity contribution < 1.29 is 23.1 Å². The number of hydrogen-bond donors (Lipinski definition) is 3. The molecular weight excluding hydrogens is 379 g/mol. The van der Waals surface area contributed by atoms with E-state index in [1.54, 1.807) is 0 Å². The molecule has 0 aliphatic heterocycles. The summed E-state index contributed by atoms with van der Waals surface area (Å²) in [4.78, 5) is 24.2. The Morgan fingerprint density at radius 1 is 0.958 bits per heavy atom. The number of carboxylic acid groups (broad SMARTS) is 1. The van der Waals surface area contributed by atoms with Gasteiger partial charge in [-0.1, -0.05) is 23.2 Å². The van der Waals surface area contributed by atoms with Gasteiger partial charge in [0.25, 0.3) is 15.9 Å². The number of benzene rings is 2. The lowest BCUT2D eigenvalue weighted by atomic mass is 10.2. The minimum absolute atomic E-state index is 0.174. The lowest BCUT2D eigenvalue weighted by Crippen LogP contribution is -2.41. The molecule has 0 bridgehead atoms. The molecule has 0 saturated carbocycles. The van der Waals surface area contributed by atoms with E-state index in [1.165, 1.54) is 24.3 Å². The van der Waals surface area contributed by atoms with E-state index in [0.29, 0.717) is 5.02 Å². The topological polar surface area (TPSA) is 113 Å². The third-order valence-electron chi connectivity index (χ3n) is 2.87. The second kappa shape index (κ2) is 7.18. The molecule has 24 heavy (non-hydrogen) atoms. The molecular formula is C14H10Cl2N2O5S. The van der Waals surface area contributed by atoms with Gasteiger partial charge in [-0.15, -0.1) is 4.83 Å². The smallest absolute Gasteiger partial charge is 0.335 e. The number of carbonyl (C=O) groups is 2. The number of aromatic carboxylic acids is 1. The molecule has 126 valence electrons. The van der Waals surface area contributed by atoms with Crippen LogP contribution in [-0.2, 0) is 10.0 Å². The van der Waals surface area contributed by atoms with Gasteiger partial charge in [-0.2, -0.15) is 0 Å². The maximum atomic E-state index is 12.2. The molecule has 10 heteroatoms. The zero-order chi connectivity index (χ0) is 17.9. The van der Waals surface area contributed by atoms with Gasteiger partial charge in [0, 0.05) is 10.6 Å². The third kappa shape index (κ3) is 4.24. The van der Waals surface area contributed by atoms with E-state index >= 15 is 0 Å². The summed E-state index contributed by atoms with van der Waals surface area (Å²) in [6, 6.07) is 8.95. The van der Waals surface area contributed by atoms with E-state index in [2.05, 4.69) is 0 Å². The number of carboxylic acids is 1. The average Bonchev–Trinajstić information content (AvgIpc) is 2.53. The van der Waals surface area contributed by atoms with E-state index in [1.807, 2.05) is 10.3 Å². The molecule has 7 nitrogen and oxygen atoms in total. The number of hydrazine groups is 1. The standard InChI is InChI=1S/C14H10Cl2N2O5S/c15-10-4-1-8(2-5-10)13(19)17-18-24(22,23)12-7-9(14(20)21)3-6-11(12)16/h1-7,18H,(H,17,19)(H,20,21). The van der Waals surface area contributed by atoms with Crippen LogP contribution in [0.25, 0.3) is 0 Å². The van der Waals surface area contributed by atoms with Crippen LogP contribution in [0.3, 0.4) is 0 Å². The van der Waals surface area contributed by atoms with Crippen LogP contribution in [0.2, 0.25) is 10.0 Å². The van der Waals surface area contributed by atoms with E-state index in [0.717, 1.165) is 18.2 Å². The Kier molecular flexibility index (Phi) is 5.45. The van der Waals surface area contributed by atoms with Crippen molar-refractivity contribution in [1.29, 1.82) is 0 Å². The summed E-state index contributed by atoms with van der Waals surface area (Å²) in [5, 5.41) is 9.15. The molecule has 0 saturated heterocycles. The molecule has 0 aromatic heterocycles. The van der Waals surface area contributed by atoms with Crippen molar-refractivity contribution in [3.05, 3.63) is 63.6 Å². The average molecular weight is 389 g/mol. The summed E-state index contributed by atoms with van der Waals surface area (Å²) in [6.45, 7) is 0. The highest BCUT2D eigenvalue weighted by Gasteiger charge is 2.21. The molecule has 0 radical (unpaired) electrons. The fourth-order valence-electron chi connectivity index (χ4n) is 1.68. The number of halogens is 2. The summed E-state index contributed by atoms with van der Waals surface area (Å²) in [6.07, 6.45) is 0. The Morgan fingerprint density at radius 3 is 2.12 bits per heavy atom. The molecule has 0 spiro atoms. The lowest BCUT2D eigenvalue weighted by Gasteiger charge is -2.10. The highest BCUT2D eigenvalue weighted by molar-refractivity contribution is 7.89. The Balaban J connectivity index is 2.19. The van der Waals surface area contributed by atoms with Crippen LogP contribution in [0, 0.1) is 0 Å². The number of sulfonamides is 1. The van der Waals surface area contributed by atoms with Crippen LogP contribution >= 0.6 is 23.2 Å². The van der Waals surface area contributed by atoms with Crippen molar-refractivity contribution in [3.8, 4) is 0 Å².